The number of nitrogens with zero attached hydrogens (tertiary/aromatic N) is 1. The van der Waals surface area contributed by atoms with Gasteiger partial charge in [0.05, 0.1) is 12.5 Å². The zero-order valence-corrected chi connectivity index (χ0v) is 10.1. The van der Waals surface area contributed by atoms with E-state index in [9.17, 15) is 0 Å². The SMILES string of the molecule is CC1CC/C=C(/CC#N)CCCC[C@H]1C. The van der Waals surface area contributed by atoms with Gasteiger partial charge in [-0.05, 0) is 37.5 Å². The molecule has 1 unspecified atom stereocenters. The minimum atomic E-state index is 0.643. The summed E-state index contributed by atoms with van der Waals surface area (Å²) in [4.78, 5) is 0. The Labute approximate surface area is 94.2 Å². The molecule has 15 heavy (non-hydrogen) atoms. The van der Waals surface area contributed by atoms with Crippen LogP contribution in [0.3, 0.4) is 0 Å². The van der Waals surface area contributed by atoms with Crippen LogP contribution in [0.1, 0.15) is 58.8 Å². The maximum atomic E-state index is 8.71. The second kappa shape index (κ2) is 6.67. The van der Waals surface area contributed by atoms with Crippen molar-refractivity contribution in [2.75, 3.05) is 0 Å². The van der Waals surface area contributed by atoms with Crippen LogP contribution in [0.4, 0.5) is 0 Å². The zero-order valence-electron chi connectivity index (χ0n) is 10.1. The quantitative estimate of drug-likeness (QED) is 0.580. The predicted molar refractivity (Wildman–Crippen MR) is 64.3 cm³/mol. The summed E-state index contributed by atoms with van der Waals surface area (Å²) < 4.78 is 0. The van der Waals surface area contributed by atoms with E-state index < -0.39 is 0 Å². The van der Waals surface area contributed by atoms with Crippen LogP contribution in [-0.2, 0) is 0 Å². The van der Waals surface area contributed by atoms with Crippen molar-refractivity contribution in [1.82, 2.24) is 0 Å². The van der Waals surface area contributed by atoms with E-state index in [1.165, 1.54) is 37.7 Å². The van der Waals surface area contributed by atoms with Gasteiger partial charge < -0.3 is 0 Å². The van der Waals surface area contributed by atoms with Gasteiger partial charge in [-0.3, -0.25) is 0 Å². The summed E-state index contributed by atoms with van der Waals surface area (Å²) in [7, 11) is 0. The van der Waals surface area contributed by atoms with Gasteiger partial charge in [0.1, 0.15) is 0 Å². The van der Waals surface area contributed by atoms with E-state index >= 15 is 0 Å². The van der Waals surface area contributed by atoms with Crippen molar-refractivity contribution >= 4 is 0 Å². The lowest BCUT2D eigenvalue weighted by atomic mass is 9.85. The molecule has 0 aromatic rings. The molecule has 2 atom stereocenters. The highest BCUT2D eigenvalue weighted by atomic mass is 14.2. The Balaban J connectivity index is 2.52. The molecule has 0 heterocycles. The molecule has 1 rings (SSSR count). The summed E-state index contributed by atoms with van der Waals surface area (Å²) in [5.41, 5.74) is 1.37. The molecule has 0 spiro atoms. The third-order valence-corrected chi connectivity index (χ3v) is 3.74. The van der Waals surface area contributed by atoms with Crippen LogP contribution in [0.5, 0.6) is 0 Å². The molecule has 0 aromatic carbocycles. The van der Waals surface area contributed by atoms with E-state index in [0.717, 1.165) is 18.3 Å². The van der Waals surface area contributed by atoms with Gasteiger partial charge in [-0.1, -0.05) is 38.3 Å². The lowest BCUT2D eigenvalue weighted by Crippen LogP contribution is -2.08. The first kappa shape index (κ1) is 12.3. The third-order valence-electron chi connectivity index (χ3n) is 3.74. The summed E-state index contributed by atoms with van der Waals surface area (Å²) in [6, 6.07) is 2.27. The van der Waals surface area contributed by atoms with Crippen LogP contribution in [0, 0.1) is 23.2 Å². The molecule has 0 aliphatic heterocycles. The molecule has 0 amide bonds. The van der Waals surface area contributed by atoms with Crippen molar-refractivity contribution in [3.05, 3.63) is 11.6 Å². The first-order valence-corrected chi connectivity index (χ1v) is 6.29. The summed E-state index contributed by atoms with van der Waals surface area (Å²) in [5, 5.41) is 8.71. The highest BCUT2D eigenvalue weighted by molar-refractivity contribution is 5.08. The van der Waals surface area contributed by atoms with Gasteiger partial charge in [0.15, 0.2) is 0 Å². The molecule has 0 N–H and O–H groups in total. The van der Waals surface area contributed by atoms with Crippen LogP contribution in [-0.4, -0.2) is 0 Å². The van der Waals surface area contributed by atoms with Gasteiger partial charge in [-0.2, -0.15) is 5.26 Å². The number of hydrogen-bond donors (Lipinski definition) is 0. The van der Waals surface area contributed by atoms with Crippen LogP contribution in [0.15, 0.2) is 11.6 Å². The van der Waals surface area contributed by atoms with Crippen molar-refractivity contribution in [1.29, 1.82) is 5.26 Å². The number of rotatable bonds is 1. The van der Waals surface area contributed by atoms with Crippen molar-refractivity contribution in [3.8, 4) is 6.07 Å². The first-order valence-electron chi connectivity index (χ1n) is 6.29. The molecule has 0 saturated heterocycles. The molecule has 1 nitrogen and oxygen atoms in total. The minimum Gasteiger partial charge on any atom is -0.198 e. The minimum absolute atomic E-state index is 0.643. The fourth-order valence-corrected chi connectivity index (χ4v) is 2.30. The van der Waals surface area contributed by atoms with Gasteiger partial charge in [-0.25, -0.2) is 0 Å². The maximum Gasteiger partial charge on any atom is 0.0666 e. The molecular weight excluding hydrogens is 182 g/mol. The Morgan fingerprint density at radius 1 is 1.27 bits per heavy atom. The van der Waals surface area contributed by atoms with E-state index in [2.05, 4.69) is 26.0 Å². The van der Waals surface area contributed by atoms with Crippen LogP contribution in [0.25, 0.3) is 0 Å². The maximum absolute atomic E-state index is 8.71. The second-order valence-electron chi connectivity index (χ2n) is 4.97. The largest absolute Gasteiger partial charge is 0.198 e. The summed E-state index contributed by atoms with van der Waals surface area (Å²) >= 11 is 0. The normalized spacial score (nSPS) is 32.5. The highest BCUT2D eigenvalue weighted by Crippen LogP contribution is 2.26. The lowest BCUT2D eigenvalue weighted by Gasteiger charge is -2.20. The Kier molecular flexibility index (Phi) is 5.47. The Bertz CT molecular complexity index is 247. The molecule has 84 valence electrons. The van der Waals surface area contributed by atoms with E-state index in [1.54, 1.807) is 0 Å². The molecule has 0 radical (unpaired) electrons. The molecule has 0 bridgehead atoms. The summed E-state index contributed by atoms with van der Waals surface area (Å²) in [6.45, 7) is 4.75. The van der Waals surface area contributed by atoms with Crippen LogP contribution >= 0.6 is 0 Å². The van der Waals surface area contributed by atoms with Crippen molar-refractivity contribution < 1.29 is 0 Å². The first-order chi connectivity index (χ1) is 7.24. The fourth-order valence-electron chi connectivity index (χ4n) is 2.30. The smallest absolute Gasteiger partial charge is 0.0666 e. The number of allylic oxidation sites excluding steroid dienone is 2. The van der Waals surface area contributed by atoms with Crippen LogP contribution in [0.2, 0.25) is 0 Å². The van der Waals surface area contributed by atoms with Crippen molar-refractivity contribution in [3.63, 3.8) is 0 Å². The Morgan fingerprint density at radius 3 is 2.73 bits per heavy atom. The molecule has 1 aliphatic rings. The highest BCUT2D eigenvalue weighted by Gasteiger charge is 2.12. The number of nitriles is 1. The van der Waals surface area contributed by atoms with Gasteiger partial charge in [0, 0.05) is 0 Å². The van der Waals surface area contributed by atoms with Gasteiger partial charge >= 0.3 is 0 Å². The standard InChI is InChI=1S/C14H23N/c1-12-6-3-4-8-14(10-11-15)9-5-7-13(12)2/h9,12-13H,3-8,10H2,1-2H3/b14-9+/t12-,13?/m1/s1. The average Bonchev–Trinajstić information content (AvgIpc) is 2.23. The second-order valence-corrected chi connectivity index (χ2v) is 4.97. The van der Waals surface area contributed by atoms with E-state index in [0.29, 0.717) is 6.42 Å². The van der Waals surface area contributed by atoms with Gasteiger partial charge in [-0.15, -0.1) is 0 Å². The molecule has 0 fully saturated rings. The fraction of sp³-hybridized carbons (Fsp3) is 0.786. The van der Waals surface area contributed by atoms with Gasteiger partial charge in [0.25, 0.3) is 0 Å². The average molecular weight is 205 g/mol. The van der Waals surface area contributed by atoms with Crippen LogP contribution < -0.4 is 0 Å². The van der Waals surface area contributed by atoms with Gasteiger partial charge in [0.2, 0.25) is 0 Å². The third kappa shape index (κ3) is 4.51. The molecule has 0 saturated carbocycles. The molecule has 1 heteroatoms. The van der Waals surface area contributed by atoms with E-state index in [1.807, 2.05) is 0 Å². The topological polar surface area (TPSA) is 23.8 Å². The molecule has 0 aromatic heterocycles. The molecular formula is C14H23N. The van der Waals surface area contributed by atoms with Crippen molar-refractivity contribution in [2.45, 2.75) is 58.8 Å². The predicted octanol–water partition coefficient (Wildman–Crippen LogP) is 4.45. The number of hydrogen-bond acceptors (Lipinski definition) is 1. The van der Waals surface area contributed by atoms with E-state index in [-0.39, 0.29) is 0 Å². The summed E-state index contributed by atoms with van der Waals surface area (Å²) in [6.07, 6.45) is 10.5. The Hall–Kier alpha value is -0.770. The zero-order chi connectivity index (χ0) is 11.1. The molecule has 1 aliphatic carbocycles. The monoisotopic (exact) mass is 205 g/mol. The van der Waals surface area contributed by atoms with Crippen molar-refractivity contribution in [2.24, 2.45) is 11.8 Å². The Morgan fingerprint density at radius 2 is 2.00 bits per heavy atom. The summed E-state index contributed by atoms with van der Waals surface area (Å²) in [5.74, 6) is 1.71. The van der Waals surface area contributed by atoms with E-state index in [4.69, 9.17) is 5.26 Å². The lowest BCUT2D eigenvalue weighted by molar-refractivity contribution is 0.333.